The molecule has 1 aliphatic carbocycles. The number of ether oxygens (including phenoxy) is 2. The summed E-state index contributed by atoms with van der Waals surface area (Å²) in [7, 11) is 0. The van der Waals surface area contributed by atoms with E-state index in [1.807, 2.05) is 6.92 Å². The van der Waals surface area contributed by atoms with Crippen molar-refractivity contribution in [2.45, 2.75) is 18.6 Å². The Bertz CT molecular complexity index is 639. The largest absolute Gasteiger partial charge is 0.483 e. The van der Waals surface area contributed by atoms with E-state index in [0.29, 0.717) is 23.5 Å². The number of rotatable bonds is 1. The molecule has 0 amide bonds. The maximum atomic E-state index is 12.4. The van der Waals surface area contributed by atoms with Gasteiger partial charge in [0.05, 0.1) is 12.5 Å². The van der Waals surface area contributed by atoms with E-state index >= 15 is 0 Å². The monoisotopic (exact) mass is 256 g/mol. The molecule has 96 valence electrons. The van der Waals surface area contributed by atoms with Crippen LogP contribution in [0.25, 0.3) is 0 Å². The number of benzene rings is 1. The van der Waals surface area contributed by atoms with Gasteiger partial charge in [0.25, 0.3) is 0 Å². The van der Waals surface area contributed by atoms with Crippen LogP contribution in [0.15, 0.2) is 36.1 Å². The molecule has 19 heavy (non-hydrogen) atoms. The summed E-state index contributed by atoms with van der Waals surface area (Å²) in [6.07, 6.45) is 1.05. The summed E-state index contributed by atoms with van der Waals surface area (Å²) in [5.74, 6) is -0.0365. The maximum Gasteiger partial charge on any atom is 0.205 e. The Kier molecular flexibility index (Phi) is 1.92. The number of epoxide rings is 1. The van der Waals surface area contributed by atoms with Crippen LogP contribution in [0.5, 0.6) is 0 Å². The van der Waals surface area contributed by atoms with E-state index < -0.39 is 17.6 Å². The number of ketones is 2. The number of hydrogen-bond acceptors (Lipinski definition) is 4. The predicted octanol–water partition coefficient (Wildman–Crippen LogP) is 1.75. The molecule has 3 atom stereocenters. The first-order valence-corrected chi connectivity index (χ1v) is 6.30. The third kappa shape index (κ3) is 1.37. The third-order valence-corrected chi connectivity index (χ3v) is 4.03. The Morgan fingerprint density at radius 2 is 1.79 bits per heavy atom. The highest BCUT2D eigenvalue weighted by Crippen LogP contribution is 2.43. The molecule has 0 aromatic heterocycles. The molecule has 2 heterocycles. The van der Waals surface area contributed by atoms with Gasteiger partial charge in [-0.3, -0.25) is 9.59 Å². The van der Waals surface area contributed by atoms with Crippen molar-refractivity contribution in [3.8, 4) is 0 Å². The van der Waals surface area contributed by atoms with Crippen LogP contribution in [0.4, 0.5) is 0 Å². The van der Waals surface area contributed by atoms with Crippen LogP contribution in [-0.4, -0.2) is 29.9 Å². The van der Waals surface area contributed by atoms with E-state index in [2.05, 4.69) is 0 Å². The Labute approximate surface area is 110 Å². The fraction of sp³-hybridized carbons (Fsp3) is 0.333. The van der Waals surface area contributed by atoms with Gasteiger partial charge in [-0.15, -0.1) is 0 Å². The smallest absolute Gasteiger partial charge is 0.205 e. The summed E-state index contributed by atoms with van der Waals surface area (Å²) in [5.41, 5.74) is 0.520. The zero-order valence-corrected chi connectivity index (χ0v) is 10.4. The van der Waals surface area contributed by atoms with Gasteiger partial charge in [-0.25, -0.2) is 0 Å². The zero-order chi connectivity index (χ0) is 13.2. The highest BCUT2D eigenvalue weighted by Gasteiger charge is 2.53. The van der Waals surface area contributed by atoms with Gasteiger partial charge in [-0.05, 0) is 13.0 Å². The topological polar surface area (TPSA) is 55.9 Å². The van der Waals surface area contributed by atoms with Crippen molar-refractivity contribution in [2.75, 3.05) is 6.61 Å². The van der Waals surface area contributed by atoms with Crippen LogP contribution in [0.1, 0.15) is 27.6 Å². The lowest BCUT2D eigenvalue weighted by molar-refractivity contribution is 0.0492. The van der Waals surface area contributed by atoms with Crippen LogP contribution in [-0.2, 0) is 9.47 Å². The normalized spacial score (nSPS) is 35.3. The molecule has 3 unspecified atom stereocenters. The van der Waals surface area contributed by atoms with Gasteiger partial charge in [0.1, 0.15) is 11.4 Å². The van der Waals surface area contributed by atoms with Crippen LogP contribution in [0, 0.1) is 5.92 Å². The minimum absolute atomic E-state index is 0.0422. The maximum absolute atomic E-state index is 12.4. The highest BCUT2D eigenvalue weighted by molar-refractivity contribution is 6.18. The minimum Gasteiger partial charge on any atom is -0.483 e. The molecule has 1 aromatic carbocycles. The minimum atomic E-state index is -0.710. The molecule has 0 N–H and O–H groups in total. The Morgan fingerprint density at radius 3 is 2.42 bits per heavy atom. The highest BCUT2D eigenvalue weighted by atomic mass is 16.6. The quantitative estimate of drug-likeness (QED) is 0.718. The number of carbonyl (C=O) groups is 2. The van der Waals surface area contributed by atoms with Crippen molar-refractivity contribution >= 4 is 11.6 Å². The second-order valence-corrected chi connectivity index (χ2v) is 5.39. The molecule has 2 aliphatic heterocycles. The Morgan fingerprint density at radius 1 is 1.16 bits per heavy atom. The zero-order valence-electron chi connectivity index (χ0n) is 10.4. The number of hydrogen-bond donors (Lipinski definition) is 0. The van der Waals surface area contributed by atoms with Gasteiger partial charge >= 0.3 is 0 Å². The van der Waals surface area contributed by atoms with Crippen LogP contribution >= 0.6 is 0 Å². The Hall–Kier alpha value is -1.94. The predicted molar refractivity (Wildman–Crippen MR) is 65.9 cm³/mol. The van der Waals surface area contributed by atoms with Crippen LogP contribution in [0.2, 0.25) is 0 Å². The van der Waals surface area contributed by atoms with Crippen molar-refractivity contribution in [3.63, 3.8) is 0 Å². The fourth-order valence-corrected chi connectivity index (χ4v) is 2.73. The number of Topliss-reactive ketones (excluding diaryl/α,β-unsaturated/α-hetero) is 2. The van der Waals surface area contributed by atoms with Crippen molar-refractivity contribution in [1.29, 1.82) is 0 Å². The van der Waals surface area contributed by atoms with E-state index in [0.717, 1.165) is 0 Å². The molecule has 0 spiro atoms. The van der Waals surface area contributed by atoms with Gasteiger partial charge in [-0.2, -0.15) is 0 Å². The van der Waals surface area contributed by atoms with E-state index in [1.165, 1.54) is 0 Å². The summed E-state index contributed by atoms with van der Waals surface area (Å²) in [5, 5.41) is 0. The van der Waals surface area contributed by atoms with E-state index in [-0.39, 0.29) is 11.6 Å². The van der Waals surface area contributed by atoms with Crippen LogP contribution in [0.3, 0.4) is 0 Å². The summed E-state index contributed by atoms with van der Waals surface area (Å²) < 4.78 is 11.0. The summed E-state index contributed by atoms with van der Waals surface area (Å²) in [4.78, 5) is 24.8. The lowest BCUT2D eigenvalue weighted by Gasteiger charge is -2.24. The van der Waals surface area contributed by atoms with Gasteiger partial charge < -0.3 is 9.47 Å². The van der Waals surface area contributed by atoms with E-state index in [1.54, 1.807) is 30.3 Å². The third-order valence-electron chi connectivity index (χ3n) is 4.03. The molecule has 4 rings (SSSR count). The first-order chi connectivity index (χ1) is 9.10. The summed E-state index contributed by atoms with van der Waals surface area (Å²) >= 11 is 0. The molecular formula is C15H12O4. The fourth-order valence-electron chi connectivity index (χ4n) is 2.73. The molecule has 1 fully saturated rings. The molecule has 3 aliphatic rings. The molecule has 0 saturated carbocycles. The van der Waals surface area contributed by atoms with Gasteiger partial charge in [-0.1, -0.05) is 24.3 Å². The molecule has 0 bridgehead atoms. The number of carbonyl (C=O) groups excluding carboxylic acids is 2. The standard InChI is InChI=1S/C15H12O4/c1-15(7-18-15)11-6-10-12(16)8-4-2-3-5-9(8)13(17)14(10)19-11/h2-6,10,14H,7H2,1H3. The van der Waals surface area contributed by atoms with Crippen molar-refractivity contribution in [3.05, 3.63) is 47.2 Å². The van der Waals surface area contributed by atoms with E-state index in [9.17, 15) is 9.59 Å². The second-order valence-electron chi connectivity index (χ2n) is 5.39. The average molecular weight is 256 g/mol. The average Bonchev–Trinajstić information content (AvgIpc) is 3.02. The lowest BCUT2D eigenvalue weighted by Crippen LogP contribution is -2.38. The van der Waals surface area contributed by atoms with Gasteiger partial charge in [0, 0.05) is 11.1 Å². The van der Waals surface area contributed by atoms with Crippen molar-refractivity contribution in [2.24, 2.45) is 5.92 Å². The van der Waals surface area contributed by atoms with Gasteiger partial charge in [0.2, 0.25) is 5.78 Å². The van der Waals surface area contributed by atoms with E-state index in [4.69, 9.17) is 9.47 Å². The lowest BCUT2D eigenvalue weighted by atomic mass is 9.80. The molecular weight excluding hydrogens is 244 g/mol. The first kappa shape index (κ1) is 10.9. The van der Waals surface area contributed by atoms with Crippen LogP contribution < -0.4 is 0 Å². The summed E-state index contributed by atoms with van der Waals surface area (Å²) in [6, 6.07) is 6.92. The Balaban J connectivity index is 1.79. The van der Waals surface area contributed by atoms with Crippen molar-refractivity contribution < 1.29 is 19.1 Å². The first-order valence-electron chi connectivity index (χ1n) is 6.30. The van der Waals surface area contributed by atoms with Crippen molar-refractivity contribution in [1.82, 2.24) is 0 Å². The molecule has 4 nitrogen and oxygen atoms in total. The molecule has 4 heteroatoms. The molecule has 1 aromatic rings. The molecule has 1 saturated heterocycles. The SMILES string of the molecule is CC1(C2=CC3C(=O)c4ccccc4C(=O)C3O2)CO1. The second kappa shape index (κ2) is 3.33. The van der Waals surface area contributed by atoms with Gasteiger partial charge in [0.15, 0.2) is 11.9 Å². The molecule has 0 radical (unpaired) electrons. The number of fused-ring (bicyclic) bond motifs is 2. The summed E-state index contributed by atoms with van der Waals surface area (Å²) in [6.45, 7) is 2.48.